The van der Waals surface area contributed by atoms with E-state index in [1.54, 1.807) is 0 Å². The normalized spacial score (nSPS) is 13.4. The Kier molecular flexibility index (Phi) is 5.44. The number of aryl methyl sites for hydroxylation is 1. The summed E-state index contributed by atoms with van der Waals surface area (Å²) in [6.07, 6.45) is 0. The van der Waals surface area contributed by atoms with Crippen molar-refractivity contribution in [2.45, 2.75) is 17.9 Å². The van der Waals surface area contributed by atoms with Crippen LogP contribution in [0.3, 0.4) is 0 Å². The van der Waals surface area contributed by atoms with Crippen molar-refractivity contribution in [3.05, 3.63) is 15.8 Å². The van der Waals surface area contributed by atoms with Gasteiger partial charge in [0.25, 0.3) is 0 Å². The second-order valence-corrected chi connectivity index (χ2v) is 6.73. The molecule has 1 atom stereocenters. The van der Waals surface area contributed by atoms with Gasteiger partial charge in [0.1, 0.15) is 4.88 Å². The summed E-state index contributed by atoms with van der Waals surface area (Å²) < 4.78 is 31.2. The topological polar surface area (TPSA) is 113 Å². The van der Waals surface area contributed by atoms with E-state index >= 15 is 0 Å². The molecule has 19 heavy (non-hydrogen) atoms. The molecule has 0 bridgehead atoms. The van der Waals surface area contributed by atoms with Crippen LogP contribution in [0.4, 0.5) is 0 Å². The molecular formula is C10H15NO6S2. The molecule has 1 aromatic heterocycles. The number of rotatable bonds is 7. The van der Waals surface area contributed by atoms with Crippen molar-refractivity contribution in [3.63, 3.8) is 0 Å². The minimum Gasteiger partial charge on any atom is -0.477 e. The molecule has 0 aromatic carbocycles. The van der Waals surface area contributed by atoms with Crippen LogP contribution in [0.2, 0.25) is 0 Å². The van der Waals surface area contributed by atoms with E-state index in [2.05, 4.69) is 4.72 Å². The number of aliphatic hydroxyl groups is 1. The van der Waals surface area contributed by atoms with Gasteiger partial charge in [-0.05, 0) is 13.0 Å². The van der Waals surface area contributed by atoms with Crippen LogP contribution in [0.15, 0.2) is 11.0 Å². The largest absolute Gasteiger partial charge is 0.477 e. The summed E-state index contributed by atoms with van der Waals surface area (Å²) in [6.45, 7) is 1.13. The first-order chi connectivity index (χ1) is 8.81. The van der Waals surface area contributed by atoms with E-state index in [1.807, 2.05) is 0 Å². The fourth-order valence-corrected chi connectivity index (χ4v) is 4.09. The molecular weight excluding hydrogens is 294 g/mol. The second kappa shape index (κ2) is 6.44. The number of hydrogen-bond acceptors (Lipinski definition) is 6. The summed E-state index contributed by atoms with van der Waals surface area (Å²) >= 11 is 0.885. The zero-order chi connectivity index (χ0) is 14.6. The molecule has 1 heterocycles. The van der Waals surface area contributed by atoms with E-state index in [1.165, 1.54) is 14.0 Å². The van der Waals surface area contributed by atoms with E-state index in [4.69, 9.17) is 14.9 Å². The van der Waals surface area contributed by atoms with Gasteiger partial charge in [0, 0.05) is 12.0 Å². The third-order valence-corrected chi connectivity index (χ3v) is 5.10. The van der Waals surface area contributed by atoms with E-state index in [0.717, 1.165) is 17.4 Å². The Balaban J connectivity index is 3.03. The summed E-state index contributed by atoms with van der Waals surface area (Å²) in [5, 5.41) is 17.9. The highest BCUT2D eigenvalue weighted by Gasteiger charge is 2.24. The van der Waals surface area contributed by atoms with Crippen molar-refractivity contribution in [2.75, 3.05) is 20.3 Å². The number of carboxylic acids is 1. The lowest BCUT2D eigenvalue weighted by Crippen LogP contribution is -2.40. The number of nitrogens with one attached hydrogen (secondary N) is 1. The summed E-state index contributed by atoms with van der Waals surface area (Å²) in [5.74, 6) is -1.18. The number of carbonyl (C=O) groups is 1. The first kappa shape index (κ1) is 16.1. The molecule has 108 valence electrons. The van der Waals surface area contributed by atoms with E-state index in [-0.39, 0.29) is 16.4 Å². The van der Waals surface area contributed by atoms with Gasteiger partial charge in [-0.15, -0.1) is 11.3 Å². The third kappa shape index (κ3) is 3.98. The van der Waals surface area contributed by atoms with Crippen LogP contribution in [0.1, 0.15) is 14.5 Å². The molecule has 0 spiro atoms. The number of methoxy groups -OCH3 is 1. The number of thiophene rings is 1. The lowest BCUT2D eigenvalue weighted by Gasteiger charge is -2.15. The average molecular weight is 309 g/mol. The number of sulfonamides is 1. The van der Waals surface area contributed by atoms with Crippen LogP contribution in [0, 0.1) is 6.92 Å². The van der Waals surface area contributed by atoms with E-state index in [0.29, 0.717) is 4.88 Å². The summed E-state index contributed by atoms with van der Waals surface area (Å²) in [6, 6.07) is 0.328. The van der Waals surface area contributed by atoms with E-state index in [9.17, 15) is 13.2 Å². The molecule has 0 aliphatic heterocycles. The lowest BCUT2D eigenvalue weighted by atomic mass is 10.4. The van der Waals surface area contributed by atoms with Crippen LogP contribution >= 0.6 is 11.3 Å². The van der Waals surface area contributed by atoms with Gasteiger partial charge in [-0.25, -0.2) is 17.9 Å². The van der Waals surface area contributed by atoms with Crippen LogP contribution in [0.25, 0.3) is 0 Å². The van der Waals surface area contributed by atoms with Gasteiger partial charge in [0.05, 0.1) is 24.2 Å². The molecule has 7 nitrogen and oxygen atoms in total. The van der Waals surface area contributed by atoms with E-state index < -0.39 is 28.6 Å². The number of aliphatic hydroxyl groups excluding tert-OH is 1. The maximum absolute atomic E-state index is 12.1. The zero-order valence-electron chi connectivity index (χ0n) is 10.4. The first-order valence-electron chi connectivity index (χ1n) is 5.27. The number of hydrogen-bond donors (Lipinski definition) is 3. The van der Waals surface area contributed by atoms with Gasteiger partial charge in [0.15, 0.2) is 0 Å². The fraction of sp³-hybridized carbons (Fsp3) is 0.500. The molecule has 9 heteroatoms. The smallest absolute Gasteiger partial charge is 0.345 e. The van der Waals surface area contributed by atoms with Crippen molar-refractivity contribution in [2.24, 2.45) is 0 Å². The first-order valence-corrected chi connectivity index (χ1v) is 7.57. The monoisotopic (exact) mass is 309 g/mol. The molecule has 0 amide bonds. The Morgan fingerprint density at radius 1 is 1.58 bits per heavy atom. The van der Waals surface area contributed by atoms with Gasteiger partial charge < -0.3 is 14.9 Å². The van der Waals surface area contributed by atoms with Gasteiger partial charge in [-0.2, -0.15) is 0 Å². The third-order valence-electron chi connectivity index (χ3n) is 2.28. The molecule has 3 N–H and O–H groups in total. The maximum atomic E-state index is 12.1. The lowest BCUT2D eigenvalue weighted by molar-refractivity contribution is 0.0702. The highest BCUT2D eigenvalue weighted by molar-refractivity contribution is 7.89. The van der Waals surface area contributed by atoms with Crippen molar-refractivity contribution in [3.8, 4) is 0 Å². The zero-order valence-corrected chi connectivity index (χ0v) is 12.0. The molecule has 0 saturated carbocycles. The molecule has 0 aliphatic carbocycles. The number of carboxylic acid groups (broad SMARTS) is 1. The SMILES string of the molecule is COCC(CO)NS(=O)(=O)c1cc(C(=O)O)sc1C. The minimum absolute atomic E-state index is 0.0186. The molecule has 1 rings (SSSR count). The van der Waals surface area contributed by atoms with Crippen LogP contribution in [-0.4, -0.2) is 51.0 Å². The van der Waals surface area contributed by atoms with Crippen LogP contribution in [0.5, 0.6) is 0 Å². The summed E-state index contributed by atoms with van der Waals surface area (Å²) in [5.41, 5.74) is 0. The quantitative estimate of drug-likeness (QED) is 0.655. The predicted octanol–water partition coefficient (Wildman–Crippen LogP) is 0.0403. The Morgan fingerprint density at radius 2 is 2.21 bits per heavy atom. The molecule has 0 aliphatic rings. The van der Waals surface area contributed by atoms with Gasteiger partial charge >= 0.3 is 5.97 Å². The summed E-state index contributed by atoms with van der Waals surface area (Å²) in [7, 11) is -2.50. The molecule has 0 saturated heterocycles. The van der Waals surface area contributed by atoms with Crippen molar-refractivity contribution >= 4 is 27.3 Å². The molecule has 0 radical (unpaired) electrons. The minimum atomic E-state index is -3.88. The Labute approximate surface area is 114 Å². The highest BCUT2D eigenvalue weighted by Crippen LogP contribution is 2.25. The van der Waals surface area contributed by atoms with Gasteiger partial charge in [-0.3, -0.25) is 0 Å². The number of aromatic carboxylic acids is 1. The summed E-state index contributed by atoms with van der Waals surface area (Å²) in [4.78, 5) is 11.0. The van der Waals surface area contributed by atoms with Crippen molar-refractivity contribution < 1.29 is 28.2 Å². The Bertz CT molecular complexity index is 550. The molecule has 1 unspecified atom stereocenters. The maximum Gasteiger partial charge on any atom is 0.345 e. The molecule has 0 fully saturated rings. The molecule has 1 aromatic rings. The average Bonchev–Trinajstić information content (AvgIpc) is 2.71. The van der Waals surface area contributed by atoms with Crippen LogP contribution in [-0.2, 0) is 14.8 Å². The Morgan fingerprint density at radius 3 is 2.63 bits per heavy atom. The Hall–Kier alpha value is -1.00. The number of ether oxygens (including phenoxy) is 1. The van der Waals surface area contributed by atoms with Crippen LogP contribution < -0.4 is 4.72 Å². The van der Waals surface area contributed by atoms with Gasteiger partial charge in [0.2, 0.25) is 10.0 Å². The van der Waals surface area contributed by atoms with Crippen molar-refractivity contribution in [1.29, 1.82) is 0 Å². The second-order valence-electron chi connectivity index (χ2n) is 3.79. The van der Waals surface area contributed by atoms with Gasteiger partial charge in [-0.1, -0.05) is 0 Å². The highest BCUT2D eigenvalue weighted by atomic mass is 32.2. The van der Waals surface area contributed by atoms with Crippen molar-refractivity contribution in [1.82, 2.24) is 4.72 Å². The fourth-order valence-electron chi connectivity index (χ4n) is 1.45. The standard InChI is InChI=1S/C10H15NO6S2/c1-6-9(3-8(18-6)10(13)14)19(15,16)11-7(4-12)5-17-2/h3,7,11-12H,4-5H2,1-2H3,(H,13,14). The predicted molar refractivity (Wildman–Crippen MR) is 69.1 cm³/mol.